The standard InChI is InChI=1S/C11H21NO4/c1-10(2,3)16-9(14)12-8(7-13)5-6-11(12,4)15/h8,13,15H,5-7H2,1-4H3/t8-,11?/m0/s1. The van der Waals surface area contributed by atoms with Crippen molar-refractivity contribution >= 4 is 6.09 Å². The maximum absolute atomic E-state index is 11.9. The summed E-state index contributed by atoms with van der Waals surface area (Å²) in [5, 5.41) is 19.2. The number of carbonyl (C=O) groups excluding carboxylic acids is 1. The Balaban J connectivity index is 2.79. The lowest BCUT2D eigenvalue weighted by molar-refractivity contribution is -0.0873. The van der Waals surface area contributed by atoms with Crippen LogP contribution in [0.25, 0.3) is 0 Å². The molecule has 94 valence electrons. The van der Waals surface area contributed by atoms with E-state index < -0.39 is 17.4 Å². The summed E-state index contributed by atoms with van der Waals surface area (Å²) >= 11 is 0. The van der Waals surface area contributed by atoms with E-state index in [4.69, 9.17) is 9.84 Å². The van der Waals surface area contributed by atoms with Crippen molar-refractivity contribution < 1.29 is 19.7 Å². The number of nitrogens with zero attached hydrogens (tertiary/aromatic N) is 1. The van der Waals surface area contributed by atoms with Crippen LogP contribution < -0.4 is 0 Å². The Bertz CT molecular complexity index is 270. The summed E-state index contributed by atoms with van der Waals surface area (Å²) in [5.41, 5.74) is -1.83. The van der Waals surface area contributed by atoms with Crippen LogP contribution in [-0.4, -0.2) is 45.2 Å². The average molecular weight is 231 g/mol. The molecule has 2 N–H and O–H groups in total. The van der Waals surface area contributed by atoms with E-state index in [9.17, 15) is 9.90 Å². The van der Waals surface area contributed by atoms with Gasteiger partial charge in [-0.3, -0.25) is 4.90 Å². The fraction of sp³-hybridized carbons (Fsp3) is 0.909. The summed E-state index contributed by atoms with van der Waals surface area (Å²) in [4.78, 5) is 13.1. The molecule has 1 rings (SSSR count). The number of likely N-dealkylation sites (tertiary alicyclic amines) is 1. The molecule has 0 aromatic carbocycles. The number of aliphatic hydroxyl groups excluding tert-OH is 1. The van der Waals surface area contributed by atoms with E-state index in [0.717, 1.165) is 0 Å². The van der Waals surface area contributed by atoms with Gasteiger partial charge < -0.3 is 14.9 Å². The van der Waals surface area contributed by atoms with E-state index in [2.05, 4.69) is 0 Å². The van der Waals surface area contributed by atoms with Crippen LogP contribution >= 0.6 is 0 Å². The molecule has 1 fully saturated rings. The van der Waals surface area contributed by atoms with Crippen LogP contribution in [0.5, 0.6) is 0 Å². The lowest BCUT2D eigenvalue weighted by Crippen LogP contribution is -2.51. The van der Waals surface area contributed by atoms with E-state index in [1.54, 1.807) is 27.7 Å². The zero-order chi connectivity index (χ0) is 12.6. The number of amides is 1. The second-order valence-corrected chi connectivity index (χ2v) is 5.44. The monoisotopic (exact) mass is 231 g/mol. The smallest absolute Gasteiger partial charge is 0.412 e. The molecule has 1 aliphatic heterocycles. The minimum absolute atomic E-state index is 0.157. The first-order valence-electron chi connectivity index (χ1n) is 5.53. The molecular formula is C11H21NO4. The summed E-state index contributed by atoms with van der Waals surface area (Å²) in [6.45, 7) is 6.71. The van der Waals surface area contributed by atoms with Gasteiger partial charge in [0, 0.05) is 0 Å². The fourth-order valence-corrected chi connectivity index (χ4v) is 1.91. The van der Waals surface area contributed by atoms with Crippen LogP contribution in [0.3, 0.4) is 0 Å². The highest BCUT2D eigenvalue weighted by Gasteiger charge is 2.45. The molecule has 1 amide bonds. The highest BCUT2D eigenvalue weighted by molar-refractivity contribution is 5.69. The number of rotatable bonds is 1. The maximum atomic E-state index is 11.9. The van der Waals surface area contributed by atoms with Crippen molar-refractivity contribution in [1.29, 1.82) is 0 Å². The zero-order valence-electron chi connectivity index (χ0n) is 10.4. The topological polar surface area (TPSA) is 70.0 Å². The summed E-state index contributed by atoms with van der Waals surface area (Å²) in [6.07, 6.45) is 0.467. The van der Waals surface area contributed by atoms with Crippen molar-refractivity contribution in [3.8, 4) is 0 Å². The third-order valence-electron chi connectivity index (χ3n) is 2.64. The Morgan fingerprint density at radius 1 is 1.56 bits per heavy atom. The van der Waals surface area contributed by atoms with Crippen molar-refractivity contribution in [2.45, 2.75) is 57.9 Å². The van der Waals surface area contributed by atoms with E-state index in [0.29, 0.717) is 12.8 Å². The van der Waals surface area contributed by atoms with E-state index in [1.165, 1.54) is 4.90 Å². The van der Waals surface area contributed by atoms with Crippen LogP contribution in [-0.2, 0) is 4.74 Å². The van der Waals surface area contributed by atoms with Crippen LogP contribution in [0, 0.1) is 0 Å². The molecule has 1 saturated heterocycles. The van der Waals surface area contributed by atoms with Crippen molar-refractivity contribution in [1.82, 2.24) is 4.90 Å². The van der Waals surface area contributed by atoms with E-state index >= 15 is 0 Å². The summed E-state index contributed by atoms with van der Waals surface area (Å²) in [7, 11) is 0. The first kappa shape index (κ1) is 13.3. The molecule has 0 aliphatic carbocycles. The van der Waals surface area contributed by atoms with E-state index in [-0.39, 0.29) is 12.6 Å². The SMILES string of the molecule is CC(C)(C)OC(=O)N1[C@H](CO)CCC1(C)O. The Morgan fingerprint density at radius 3 is 2.56 bits per heavy atom. The van der Waals surface area contributed by atoms with Crippen molar-refractivity contribution in [2.75, 3.05) is 6.61 Å². The van der Waals surface area contributed by atoms with Gasteiger partial charge in [0.25, 0.3) is 0 Å². The first-order chi connectivity index (χ1) is 7.17. The molecular weight excluding hydrogens is 210 g/mol. The van der Waals surface area contributed by atoms with Gasteiger partial charge in [-0.1, -0.05) is 0 Å². The number of hydrogen-bond donors (Lipinski definition) is 2. The fourth-order valence-electron chi connectivity index (χ4n) is 1.91. The van der Waals surface area contributed by atoms with Crippen LogP contribution in [0.4, 0.5) is 4.79 Å². The Kier molecular flexibility index (Phi) is 3.50. The Hall–Kier alpha value is -0.810. The normalized spacial score (nSPS) is 30.6. The molecule has 5 heteroatoms. The van der Waals surface area contributed by atoms with Gasteiger partial charge in [-0.15, -0.1) is 0 Å². The number of aliphatic hydroxyl groups is 2. The minimum Gasteiger partial charge on any atom is -0.444 e. The molecule has 1 unspecified atom stereocenters. The predicted molar refractivity (Wildman–Crippen MR) is 58.8 cm³/mol. The third kappa shape index (κ3) is 2.86. The molecule has 0 aromatic heterocycles. The molecule has 5 nitrogen and oxygen atoms in total. The average Bonchev–Trinajstić information content (AvgIpc) is 2.37. The molecule has 0 aromatic rings. The lowest BCUT2D eigenvalue weighted by Gasteiger charge is -2.35. The zero-order valence-corrected chi connectivity index (χ0v) is 10.4. The van der Waals surface area contributed by atoms with Gasteiger partial charge in [-0.25, -0.2) is 4.79 Å². The quantitative estimate of drug-likeness (QED) is 0.708. The molecule has 0 spiro atoms. The molecule has 1 aliphatic rings. The third-order valence-corrected chi connectivity index (χ3v) is 2.64. The summed E-state index contributed by atoms with van der Waals surface area (Å²) in [5.74, 6) is 0. The number of ether oxygens (including phenoxy) is 1. The Labute approximate surface area is 96.0 Å². The molecule has 2 atom stereocenters. The Morgan fingerprint density at radius 2 is 2.12 bits per heavy atom. The van der Waals surface area contributed by atoms with Crippen molar-refractivity contribution in [3.05, 3.63) is 0 Å². The second-order valence-electron chi connectivity index (χ2n) is 5.44. The maximum Gasteiger partial charge on any atom is 0.412 e. The number of carbonyl (C=O) groups is 1. The van der Waals surface area contributed by atoms with Gasteiger partial charge in [-0.05, 0) is 40.5 Å². The second kappa shape index (κ2) is 4.22. The molecule has 16 heavy (non-hydrogen) atoms. The van der Waals surface area contributed by atoms with Gasteiger partial charge in [0.15, 0.2) is 0 Å². The largest absolute Gasteiger partial charge is 0.444 e. The van der Waals surface area contributed by atoms with E-state index in [1.807, 2.05) is 0 Å². The summed E-state index contributed by atoms with van der Waals surface area (Å²) in [6, 6.07) is -0.357. The van der Waals surface area contributed by atoms with Gasteiger partial charge in [0.05, 0.1) is 12.6 Å². The minimum atomic E-state index is -1.23. The van der Waals surface area contributed by atoms with Crippen LogP contribution in [0.2, 0.25) is 0 Å². The number of hydrogen-bond acceptors (Lipinski definition) is 4. The van der Waals surface area contributed by atoms with Gasteiger partial charge in [-0.2, -0.15) is 0 Å². The molecule has 1 heterocycles. The molecule has 0 saturated carbocycles. The lowest BCUT2D eigenvalue weighted by atomic mass is 10.2. The van der Waals surface area contributed by atoms with Crippen molar-refractivity contribution in [3.63, 3.8) is 0 Å². The highest BCUT2D eigenvalue weighted by atomic mass is 16.6. The van der Waals surface area contributed by atoms with Crippen molar-refractivity contribution in [2.24, 2.45) is 0 Å². The van der Waals surface area contributed by atoms with Crippen LogP contribution in [0.1, 0.15) is 40.5 Å². The first-order valence-corrected chi connectivity index (χ1v) is 5.53. The van der Waals surface area contributed by atoms with Gasteiger partial charge in [0.1, 0.15) is 11.3 Å². The molecule has 0 radical (unpaired) electrons. The van der Waals surface area contributed by atoms with Gasteiger partial charge >= 0.3 is 6.09 Å². The summed E-state index contributed by atoms with van der Waals surface area (Å²) < 4.78 is 5.21. The van der Waals surface area contributed by atoms with Gasteiger partial charge in [0.2, 0.25) is 0 Å². The molecule has 0 bridgehead atoms. The highest BCUT2D eigenvalue weighted by Crippen LogP contribution is 2.32. The van der Waals surface area contributed by atoms with Crippen LogP contribution in [0.15, 0.2) is 0 Å². The predicted octanol–water partition coefficient (Wildman–Crippen LogP) is 1.09.